The molecule has 168 valence electrons. The molecule has 0 fully saturated rings. The van der Waals surface area contributed by atoms with E-state index in [0.717, 1.165) is 35.2 Å². The first-order chi connectivity index (χ1) is 15.4. The van der Waals surface area contributed by atoms with Crippen molar-refractivity contribution in [2.24, 2.45) is 0 Å². The zero-order valence-corrected chi connectivity index (χ0v) is 19.3. The summed E-state index contributed by atoms with van der Waals surface area (Å²) in [5, 5.41) is 4.07. The van der Waals surface area contributed by atoms with Crippen LogP contribution in [0.3, 0.4) is 0 Å². The topological polar surface area (TPSA) is 59.1 Å². The number of Topliss-reactive ketones (excluding diaryl/α,β-unsaturated/α-hetero) is 1. The Labute approximate surface area is 193 Å². The van der Waals surface area contributed by atoms with Gasteiger partial charge in [0.05, 0.1) is 7.11 Å². The highest BCUT2D eigenvalue weighted by atomic mass is 35.5. The van der Waals surface area contributed by atoms with E-state index in [1.54, 1.807) is 17.1 Å². The maximum Gasteiger partial charge on any atom is 0.242 e. The van der Waals surface area contributed by atoms with E-state index in [9.17, 15) is 9.59 Å². The molecule has 1 aliphatic heterocycles. The van der Waals surface area contributed by atoms with Crippen LogP contribution in [0.1, 0.15) is 42.7 Å². The van der Waals surface area contributed by atoms with Gasteiger partial charge in [-0.25, -0.2) is 10.0 Å². The highest BCUT2D eigenvalue weighted by Crippen LogP contribution is 2.43. The Morgan fingerprint density at radius 3 is 2.62 bits per heavy atom. The van der Waals surface area contributed by atoms with Crippen molar-refractivity contribution >= 4 is 23.3 Å². The summed E-state index contributed by atoms with van der Waals surface area (Å²) in [6, 6.07) is 13.1. The number of ketones is 1. The predicted octanol–water partition coefficient (Wildman–Crippen LogP) is 4.73. The zero-order valence-electron chi connectivity index (χ0n) is 18.6. The number of allylic oxidation sites excluding steroid dienone is 2. The van der Waals surface area contributed by atoms with Crippen LogP contribution in [0.4, 0.5) is 0 Å². The first kappa shape index (κ1) is 22.4. The molecule has 2 aliphatic rings. The third-order valence-electron chi connectivity index (χ3n) is 5.92. The molecule has 0 aromatic heterocycles. The number of hydrogen-bond donors (Lipinski definition) is 0. The number of carbonyl (C=O) groups is 2. The fourth-order valence-electron chi connectivity index (χ4n) is 4.53. The first-order valence-corrected chi connectivity index (χ1v) is 11.1. The molecule has 1 atom stereocenters. The van der Waals surface area contributed by atoms with E-state index in [0.29, 0.717) is 29.5 Å². The van der Waals surface area contributed by atoms with Crippen molar-refractivity contribution in [3.63, 3.8) is 0 Å². The van der Waals surface area contributed by atoms with E-state index < -0.39 is 0 Å². The van der Waals surface area contributed by atoms with Crippen LogP contribution >= 0.6 is 11.6 Å². The van der Waals surface area contributed by atoms with Gasteiger partial charge in [0.25, 0.3) is 0 Å². The van der Waals surface area contributed by atoms with Crippen molar-refractivity contribution in [3.05, 3.63) is 69.9 Å². The molecule has 1 heterocycles. The molecule has 32 heavy (non-hydrogen) atoms. The van der Waals surface area contributed by atoms with Gasteiger partial charge in [-0.2, -0.15) is 0 Å². The monoisotopic (exact) mass is 454 g/mol. The van der Waals surface area contributed by atoms with Crippen LogP contribution < -0.4 is 9.47 Å². The van der Waals surface area contributed by atoms with E-state index in [1.165, 1.54) is 0 Å². The number of carbonyl (C=O) groups excluding carboxylic acids is 2. The van der Waals surface area contributed by atoms with Crippen molar-refractivity contribution in [1.29, 1.82) is 0 Å². The molecule has 0 saturated carbocycles. The summed E-state index contributed by atoms with van der Waals surface area (Å²) in [5.41, 5.74) is 3.41. The summed E-state index contributed by atoms with van der Waals surface area (Å²) in [4.78, 5) is 25.9. The van der Waals surface area contributed by atoms with Crippen LogP contribution in [0.2, 0.25) is 5.02 Å². The van der Waals surface area contributed by atoms with Crippen molar-refractivity contribution < 1.29 is 19.1 Å². The van der Waals surface area contributed by atoms with Gasteiger partial charge in [-0.1, -0.05) is 29.8 Å². The Bertz CT molecular complexity index is 1080. The predicted molar refractivity (Wildman–Crippen MR) is 123 cm³/mol. The lowest BCUT2D eigenvalue weighted by Crippen LogP contribution is -2.47. The molecule has 0 bridgehead atoms. The van der Waals surface area contributed by atoms with Crippen LogP contribution in [-0.2, 0) is 16.2 Å². The Morgan fingerprint density at radius 2 is 1.91 bits per heavy atom. The van der Waals surface area contributed by atoms with Crippen LogP contribution in [0.5, 0.6) is 11.5 Å². The average Bonchev–Trinajstić information content (AvgIpc) is 2.77. The van der Waals surface area contributed by atoms with Crippen LogP contribution in [0.15, 0.2) is 53.7 Å². The highest BCUT2D eigenvalue weighted by Gasteiger charge is 2.40. The van der Waals surface area contributed by atoms with Gasteiger partial charge in [-0.05, 0) is 48.2 Å². The highest BCUT2D eigenvalue weighted by molar-refractivity contribution is 6.30. The molecule has 0 spiro atoms. The molecule has 2 aromatic carbocycles. The molecule has 1 amide bonds. The minimum atomic E-state index is -0.280. The van der Waals surface area contributed by atoms with Crippen molar-refractivity contribution in [3.8, 4) is 11.5 Å². The Balaban J connectivity index is 1.65. The number of benzene rings is 2. The minimum absolute atomic E-state index is 0.00583. The minimum Gasteiger partial charge on any atom is -0.493 e. The number of ether oxygens (including phenoxy) is 2. The maximum absolute atomic E-state index is 13.0. The van der Waals surface area contributed by atoms with Crippen LogP contribution in [0.25, 0.3) is 0 Å². The Kier molecular flexibility index (Phi) is 6.53. The second-order valence-corrected chi connectivity index (χ2v) is 8.71. The maximum atomic E-state index is 13.0. The average molecular weight is 455 g/mol. The van der Waals surface area contributed by atoms with E-state index in [-0.39, 0.29) is 24.0 Å². The van der Waals surface area contributed by atoms with Gasteiger partial charge in [0, 0.05) is 49.1 Å². The number of hydrazine groups is 1. The normalized spacial score (nSPS) is 18.8. The standard InChI is InChI=1S/C25H27ClN2O4/c1-27(2)28-20-8-5-9-21(29)25(20)19(14-24(28)30)17-10-11-22(23(13-17)31-3)32-15-16-6-4-7-18(26)12-16/h4,6-7,10-13,19H,5,8-9,14-15H2,1-3H3. The lowest BCUT2D eigenvalue weighted by molar-refractivity contribution is -0.143. The molecular formula is C25H27ClN2O4. The van der Waals surface area contributed by atoms with Crippen molar-refractivity contribution in [2.45, 2.75) is 38.2 Å². The van der Waals surface area contributed by atoms with E-state index in [4.69, 9.17) is 21.1 Å². The third-order valence-corrected chi connectivity index (χ3v) is 6.16. The quantitative estimate of drug-likeness (QED) is 0.631. The molecular weight excluding hydrogens is 428 g/mol. The Morgan fingerprint density at radius 1 is 1.09 bits per heavy atom. The molecule has 0 saturated heterocycles. The van der Waals surface area contributed by atoms with Gasteiger partial charge in [0.15, 0.2) is 17.3 Å². The summed E-state index contributed by atoms with van der Waals surface area (Å²) in [5.74, 6) is 0.997. The number of halogens is 1. The fraction of sp³-hybridized carbons (Fsp3) is 0.360. The SMILES string of the molecule is COc1cc(C2CC(=O)N(N(C)C)C3=C2C(=O)CCC3)ccc1OCc1cccc(Cl)c1. The summed E-state index contributed by atoms with van der Waals surface area (Å²) in [7, 11) is 5.25. The largest absolute Gasteiger partial charge is 0.493 e. The first-order valence-electron chi connectivity index (χ1n) is 10.7. The number of nitrogens with zero attached hydrogens (tertiary/aromatic N) is 2. The number of hydrogen-bond acceptors (Lipinski definition) is 5. The van der Waals surface area contributed by atoms with Crippen LogP contribution in [-0.4, -0.2) is 42.9 Å². The van der Waals surface area contributed by atoms with E-state index in [2.05, 4.69) is 0 Å². The molecule has 6 nitrogen and oxygen atoms in total. The van der Waals surface area contributed by atoms with E-state index >= 15 is 0 Å². The zero-order chi connectivity index (χ0) is 22.8. The van der Waals surface area contributed by atoms with Crippen molar-refractivity contribution in [2.75, 3.05) is 21.2 Å². The fourth-order valence-corrected chi connectivity index (χ4v) is 4.75. The molecule has 7 heteroatoms. The number of amides is 1. The van der Waals surface area contributed by atoms with E-state index in [1.807, 2.05) is 56.6 Å². The second-order valence-electron chi connectivity index (χ2n) is 8.28. The summed E-state index contributed by atoms with van der Waals surface area (Å²) >= 11 is 6.06. The molecule has 1 aliphatic carbocycles. The van der Waals surface area contributed by atoms with Gasteiger partial charge >= 0.3 is 0 Å². The molecule has 2 aromatic rings. The Hall–Kier alpha value is -2.83. The third kappa shape index (κ3) is 4.38. The molecule has 0 N–H and O–H groups in total. The van der Waals surface area contributed by atoms with Crippen molar-refractivity contribution in [1.82, 2.24) is 10.0 Å². The molecule has 4 rings (SSSR count). The van der Waals surface area contributed by atoms with Gasteiger partial charge in [0.2, 0.25) is 5.91 Å². The van der Waals surface area contributed by atoms with Gasteiger partial charge in [-0.15, -0.1) is 0 Å². The summed E-state index contributed by atoms with van der Waals surface area (Å²) in [6.07, 6.45) is 2.25. The molecule has 1 unspecified atom stereocenters. The van der Waals surface area contributed by atoms with Gasteiger partial charge in [0.1, 0.15) is 6.61 Å². The smallest absolute Gasteiger partial charge is 0.242 e. The molecule has 0 radical (unpaired) electrons. The van der Waals surface area contributed by atoms with Crippen LogP contribution in [0, 0.1) is 0 Å². The summed E-state index contributed by atoms with van der Waals surface area (Å²) in [6.45, 7) is 0.351. The number of rotatable bonds is 6. The number of methoxy groups -OCH3 is 1. The van der Waals surface area contributed by atoms with Gasteiger partial charge < -0.3 is 9.47 Å². The van der Waals surface area contributed by atoms with Gasteiger partial charge in [-0.3, -0.25) is 9.59 Å². The lowest BCUT2D eigenvalue weighted by atomic mass is 9.77. The lowest BCUT2D eigenvalue weighted by Gasteiger charge is -2.41. The second kappa shape index (κ2) is 9.35. The summed E-state index contributed by atoms with van der Waals surface area (Å²) < 4.78 is 11.5.